The zero-order valence-corrected chi connectivity index (χ0v) is 22.9. The predicted octanol–water partition coefficient (Wildman–Crippen LogP) is 3.82. The summed E-state index contributed by atoms with van der Waals surface area (Å²) in [5, 5.41) is 12.5. The Morgan fingerprint density at radius 1 is 1.27 bits per heavy atom. The zero-order valence-electron chi connectivity index (χ0n) is 21.3. The largest absolute Gasteiger partial charge is 0.377 e. The van der Waals surface area contributed by atoms with Gasteiger partial charge in [-0.3, -0.25) is 9.79 Å². The Morgan fingerprint density at radius 2 is 2.00 bits per heavy atom. The number of benzene rings is 1. The van der Waals surface area contributed by atoms with Crippen LogP contribution in [-0.4, -0.2) is 76.0 Å². The third-order valence-corrected chi connectivity index (χ3v) is 7.31. The van der Waals surface area contributed by atoms with Crippen molar-refractivity contribution in [3.05, 3.63) is 50.9 Å². The standard InChI is InChI=1S/C26H32ClN5O4S/c1-17-18(2)37-26-24(17)25(20-5-7-21(27)8-6-20)30-22(16-32(26)19(3)31-28-4)15-23(34)29-9-11-35-13-14-36-12-10-33/h5-8,10,22H,4,9,11-16H2,1-3H3,(H,29,34)/b31-19-. The molecule has 0 radical (unpaired) electrons. The molecule has 0 saturated carbocycles. The molecule has 3 rings (SSSR count). The number of ether oxygens (including phenoxy) is 2. The SMILES string of the molecule is C=N/N=C(/C)N1CC(CC(=O)NCCOCCOCC=O)N=C(c2ccc(Cl)cc2)c2c1sc(C)c2C. The van der Waals surface area contributed by atoms with Crippen molar-refractivity contribution in [2.45, 2.75) is 33.2 Å². The normalized spacial score (nSPS) is 15.6. The molecule has 1 N–H and O–H groups in total. The van der Waals surface area contributed by atoms with Crippen LogP contribution in [0.5, 0.6) is 0 Å². The first-order valence-corrected chi connectivity index (χ1v) is 13.1. The number of hydrogen-bond acceptors (Lipinski definition) is 8. The molecule has 0 fully saturated rings. The summed E-state index contributed by atoms with van der Waals surface area (Å²) in [5.41, 5.74) is 3.92. The molecule has 1 aromatic carbocycles. The van der Waals surface area contributed by atoms with E-state index in [-0.39, 0.29) is 25.0 Å². The molecule has 0 aliphatic carbocycles. The summed E-state index contributed by atoms with van der Waals surface area (Å²) < 4.78 is 10.5. The highest BCUT2D eigenvalue weighted by molar-refractivity contribution is 7.17. The van der Waals surface area contributed by atoms with Gasteiger partial charge < -0.3 is 24.5 Å². The van der Waals surface area contributed by atoms with Crippen molar-refractivity contribution in [3.63, 3.8) is 0 Å². The summed E-state index contributed by atoms with van der Waals surface area (Å²) in [5.74, 6) is 0.556. The maximum atomic E-state index is 12.8. The average molecular weight is 546 g/mol. The van der Waals surface area contributed by atoms with E-state index in [1.54, 1.807) is 11.3 Å². The molecule has 9 nitrogen and oxygen atoms in total. The van der Waals surface area contributed by atoms with Crippen molar-refractivity contribution in [1.82, 2.24) is 5.32 Å². The van der Waals surface area contributed by atoms with E-state index in [9.17, 15) is 9.59 Å². The Morgan fingerprint density at radius 3 is 2.70 bits per heavy atom. The smallest absolute Gasteiger partial charge is 0.222 e. The van der Waals surface area contributed by atoms with Gasteiger partial charge in [-0.1, -0.05) is 23.7 Å². The number of fused-ring (bicyclic) bond motifs is 1. The fraction of sp³-hybridized carbons (Fsp3) is 0.423. The second kappa shape index (κ2) is 14.1. The Balaban J connectivity index is 1.82. The number of hydrogen-bond donors (Lipinski definition) is 1. The molecule has 1 aliphatic rings. The van der Waals surface area contributed by atoms with Gasteiger partial charge in [-0.2, -0.15) is 5.10 Å². The van der Waals surface area contributed by atoms with Crippen LogP contribution in [0.3, 0.4) is 0 Å². The first-order valence-electron chi connectivity index (χ1n) is 11.9. The molecule has 0 bridgehead atoms. The minimum Gasteiger partial charge on any atom is -0.377 e. The van der Waals surface area contributed by atoms with Crippen LogP contribution in [0.2, 0.25) is 5.02 Å². The molecule has 11 heteroatoms. The number of thiophene rings is 1. The highest BCUT2D eigenvalue weighted by atomic mass is 35.5. The van der Waals surface area contributed by atoms with Gasteiger partial charge in [0.25, 0.3) is 0 Å². The van der Waals surface area contributed by atoms with E-state index in [0.717, 1.165) is 27.4 Å². The quantitative estimate of drug-likeness (QED) is 0.143. The topological polar surface area (TPSA) is 105 Å². The van der Waals surface area contributed by atoms with Crippen LogP contribution in [0.1, 0.15) is 34.9 Å². The van der Waals surface area contributed by atoms with Gasteiger partial charge in [0.1, 0.15) is 23.7 Å². The number of aliphatic imine (C=N–C) groups is 1. The van der Waals surface area contributed by atoms with Crippen molar-refractivity contribution in [1.29, 1.82) is 0 Å². The van der Waals surface area contributed by atoms with E-state index in [0.29, 0.717) is 50.1 Å². The number of aldehydes is 1. The number of nitrogens with zero attached hydrogens (tertiary/aromatic N) is 4. The minimum atomic E-state index is -0.336. The molecule has 2 aromatic rings. The lowest BCUT2D eigenvalue weighted by Crippen LogP contribution is -2.38. The summed E-state index contributed by atoms with van der Waals surface area (Å²) in [6, 6.07) is 7.25. The summed E-state index contributed by atoms with van der Waals surface area (Å²) in [7, 11) is 0. The number of rotatable bonds is 12. The highest BCUT2D eigenvalue weighted by Gasteiger charge is 2.31. The average Bonchev–Trinajstić information content (AvgIpc) is 3.06. The van der Waals surface area contributed by atoms with Crippen molar-refractivity contribution in [3.8, 4) is 0 Å². The monoisotopic (exact) mass is 545 g/mol. The van der Waals surface area contributed by atoms with E-state index in [4.69, 9.17) is 26.1 Å². The molecule has 0 saturated heterocycles. The second-order valence-electron chi connectivity index (χ2n) is 8.41. The number of anilines is 1. The molecule has 37 heavy (non-hydrogen) atoms. The van der Waals surface area contributed by atoms with Gasteiger partial charge in [0.05, 0.1) is 38.0 Å². The summed E-state index contributed by atoms with van der Waals surface area (Å²) in [6.45, 7) is 11.5. The van der Waals surface area contributed by atoms with Crippen LogP contribution in [0.4, 0.5) is 5.00 Å². The van der Waals surface area contributed by atoms with Crippen molar-refractivity contribution < 1.29 is 19.1 Å². The van der Waals surface area contributed by atoms with Crippen LogP contribution >= 0.6 is 22.9 Å². The fourth-order valence-corrected chi connectivity index (χ4v) is 5.27. The summed E-state index contributed by atoms with van der Waals surface area (Å²) in [4.78, 5) is 31.4. The summed E-state index contributed by atoms with van der Waals surface area (Å²) >= 11 is 7.83. The molecule has 198 valence electrons. The van der Waals surface area contributed by atoms with Gasteiger partial charge in [-0.15, -0.1) is 16.4 Å². The van der Waals surface area contributed by atoms with Gasteiger partial charge >= 0.3 is 0 Å². The molecule has 0 spiro atoms. The first kappa shape index (κ1) is 28.6. The van der Waals surface area contributed by atoms with Crippen LogP contribution in [0, 0.1) is 13.8 Å². The lowest BCUT2D eigenvalue weighted by atomic mass is 9.99. The van der Waals surface area contributed by atoms with Crippen LogP contribution in [0.25, 0.3) is 0 Å². The Hall–Kier alpha value is -2.92. The molecular formula is C26H32ClN5O4S. The Labute approximate surface area is 226 Å². The van der Waals surface area contributed by atoms with E-state index < -0.39 is 0 Å². The minimum absolute atomic E-state index is 0.0513. The molecule has 2 heterocycles. The number of halogens is 1. The van der Waals surface area contributed by atoms with E-state index in [1.165, 1.54) is 4.88 Å². The number of carbonyl (C=O) groups excluding carboxylic acids is 2. The number of amides is 1. The fourth-order valence-electron chi connectivity index (χ4n) is 3.93. The van der Waals surface area contributed by atoms with Gasteiger partial charge in [-0.25, -0.2) is 0 Å². The van der Waals surface area contributed by atoms with Gasteiger partial charge in [0, 0.05) is 40.8 Å². The maximum absolute atomic E-state index is 12.8. The Kier molecular flexibility index (Phi) is 10.9. The van der Waals surface area contributed by atoms with Crippen molar-refractivity contribution in [2.75, 3.05) is 44.4 Å². The molecule has 1 atom stereocenters. The molecule has 1 aliphatic heterocycles. The van der Waals surface area contributed by atoms with Crippen molar-refractivity contribution in [2.24, 2.45) is 15.2 Å². The highest BCUT2D eigenvalue weighted by Crippen LogP contribution is 2.39. The third-order valence-electron chi connectivity index (χ3n) is 5.82. The second-order valence-corrected chi connectivity index (χ2v) is 10.0. The first-order chi connectivity index (χ1) is 17.8. The van der Waals surface area contributed by atoms with Gasteiger partial charge in [-0.05, 0) is 38.5 Å². The van der Waals surface area contributed by atoms with Crippen LogP contribution < -0.4 is 10.2 Å². The van der Waals surface area contributed by atoms with E-state index >= 15 is 0 Å². The lowest BCUT2D eigenvalue weighted by molar-refractivity contribution is -0.121. The zero-order chi connectivity index (χ0) is 26.8. The Bertz CT molecular complexity index is 1160. The molecular weight excluding hydrogens is 514 g/mol. The van der Waals surface area contributed by atoms with Crippen molar-refractivity contribution >= 4 is 58.4 Å². The third kappa shape index (κ3) is 7.78. The van der Waals surface area contributed by atoms with E-state index in [2.05, 4.69) is 41.0 Å². The predicted molar refractivity (Wildman–Crippen MR) is 150 cm³/mol. The van der Waals surface area contributed by atoms with Crippen LogP contribution in [0.15, 0.2) is 39.5 Å². The number of carbonyl (C=O) groups is 2. The lowest BCUT2D eigenvalue weighted by Gasteiger charge is -2.24. The van der Waals surface area contributed by atoms with Gasteiger partial charge in [0.15, 0.2) is 0 Å². The maximum Gasteiger partial charge on any atom is 0.222 e. The number of aryl methyl sites for hydroxylation is 1. The molecule has 1 amide bonds. The molecule has 1 unspecified atom stereocenters. The molecule has 1 aromatic heterocycles. The van der Waals surface area contributed by atoms with Crippen LogP contribution in [-0.2, 0) is 19.1 Å². The number of amidine groups is 1. The van der Waals surface area contributed by atoms with Gasteiger partial charge in [0.2, 0.25) is 5.91 Å². The van der Waals surface area contributed by atoms with E-state index in [1.807, 2.05) is 31.2 Å². The number of nitrogens with one attached hydrogen (secondary N) is 1. The summed E-state index contributed by atoms with van der Waals surface area (Å²) in [6.07, 6.45) is 0.885.